The molecule has 6 nitrogen and oxygen atoms in total. The van der Waals surface area contributed by atoms with Gasteiger partial charge in [-0.1, -0.05) is 0 Å². The van der Waals surface area contributed by atoms with Gasteiger partial charge in [0.05, 0.1) is 25.3 Å². The van der Waals surface area contributed by atoms with Crippen LogP contribution in [0.5, 0.6) is 5.75 Å². The van der Waals surface area contributed by atoms with E-state index in [-0.39, 0.29) is 5.91 Å². The van der Waals surface area contributed by atoms with Crippen LogP contribution in [0.15, 0.2) is 12.1 Å². The topological polar surface area (TPSA) is 63.7 Å². The highest BCUT2D eigenvalue weighted by Gasteiger charge is 2.08. The Bertz CT molecular complexity index is 450. The molecule has 0 aliphatic heterocycles. The number of aryl methyl sites for hydroxylation is 1. The molecule has 0 aromatic carbocycles. The number of hydrogen-bond donors (Lipinski definition) is 1. The van der Waals surface area contributed by atoms with Crippen LogP contribution in [-0.2, 0) is 16.1 Å². The minimum Gasteiger partial charge on any atom is -0.491 e. The van der Waals surface area contributed by atoms with Crippen molar-refractivity contribution in [1.82, 2.24) is 15.2 Å². The number of amides is 1. The van der Waals surface area contributed by atoms with Crippen molar-refractivity contribution in [1.29, 1.82) is 0 Å². The van der Waals surface area contributed by atoms with Crippen LogP contribution >= 0.6 is 0 Å². The third-order valence-electron chi connectivity index (χ3n) is 2.92. The fourth-order valence-corrected chi connectivity index (χ4v) is 1.71. The van der Waals surface area contributed by atoms with Gasteiger partial charge in [-0.15, -0.1) is 0 Å². The summed E-state index contributed by atoms with van der Waals surface area (Å²) in [5, 5.41) is 3.24. The van der Waals surface area contributed by atoms with E-state index in [0.29, 0.717) is 26.2 Å². The average molecular weight is 295 g/mol. The highest BCUT2D eigenvalue weighted by molar-refractivity contribution is 5.75. The van der Waals surface area contributed by atoms with E-state index in [1.165, 1.54) is 0 Å². The zero-order chi connectivity index (χ0) is 15.7. The van der Waals surface area contributed by atoms with Crippen molar-refractivity contribution >= 4 is 5.91 Å². The van der Waals surface area contributed by atoms with E-state index in [9.17, 15) is 4.79 Å². The van der Waals surface area contributed by atoms with Crippen molar-refractivity contribution in [2.75, 3.05) is 41.0 Å². The van der Waals surface area contributed by atoms with Crippen molar-refractivity contribution in [2.24, 2.45) is 0 Å². The number of aromatic nitrogens is 1. The van der Waals surface area contributed by atoms with Crippen LogP contribution in [0.4, 0.5) is 0 Å². The molecule has 0 saturated carbocycles. The second kappa shape index (κ2) is 9.31. The Morgan fingerprint density at radius 2 is 2.10 bits per heavy atom. The van der Waals surface area contributed by atoms with Crippen molar-refractivity contribution in [2.45, 2.75) is 19.9 Å². The lowest BCUT2D eigenvalue weighted by molar-refractivity contribution is -0.129. The van der Waals surface area contributed by atoms with Crippen molar-refractivity contribution in [3.8, 4) is 5.75 Å². The third kappa shape index (κ3) is 6.55. The largest absolute Gasteiger partial charge is 0.491 e. The molecule has 0 atom stereocenters. The van der Waals surface area contributed by atoms with Gasteiger partial charge in [-0.3, -0.25) is 9.78 Å². The van der Waals surface area contributed by atoms with Gasteiger partial charge in [0.25, 0.3) is 0 Å². The number of pyridine rings is 1. The van der Waals surface area contributed by atoms with Crippen LogP contribution < -0.4 is 10.1 Å². The molecule has 1 aromatic rings. The molecule has 1 N–H and O–H groups in total. The van der Waals surface area contributed by atoms with Crippen LogP contribution in [0.3, 0.4) is 0 Å². The average Bonchev–Trinajstić information content (AvgIpc) is 2.45. The number of hydrogen-bond acceptors (Lipinski definition) is 5. The van der Waals surface area contributed by atoms with Gasteiger partial charge in [-0.25, -0.2) is 0 Å². The molecule has 0 bridgehead atoms. The second-order valence-corrected chi connectivity index (χ2v) is 4.95. The van der Waals surface area contributed by atoms with Crippen molar-refractivity contribution in [3.05, 3.63) is 23.5 Å². The highest BCUT2D eigenvalue weighted by Crippen LogP contribution is 2.17. The van der Waals surface area contributed by atoms with Gasteiger partial charge < -0.3 is 19.7 Å². The number of nitrogens with zero attached hydrogens (tertiary/aromatic N) is 2. The molecule has 1 amide bonds. The molecular weight excluding hydrogens is 270 g/mol. The summed E-state index contributed by atoms with van der Waals surface area (Å²) in [6.07, 6.45) is 0.359. The molecule has 1 aromatic heterocycles. The smallest absolute Gasteiger partial charge is 0.225 e. The number of ether oxygens (including phenoxy) is 2. The molecule has 1 heterocycles. The summed E-state index contributed by atoms with van der Waals surface area (Å²) in [5.74, 6) is 0.770. The minimum atomic E-state index is 0.0508. The molecule has 0 saturated heterocycles. The number of nitrogens with one attached hydrogen (secondary N) is 1. The first-order valence-electron chi connectivity index (χ1n) is 7.03. The normalized spacial score (nSPS) is 10.5. The molecule has 0 fully saturated rings. The second-order valence-electron chi connectivity index (χ2n) is 4.95. The number of carbonyl (C=O) groups is 1. The monoisotopic (exact) mass is 295 g/mol. The van der Waals surface area contributed by atoms with Gasteiger partial charge in [-0.05, 0) is 19.1 Å². The molecule has 0 radical (unpaired) electrons. The van der Waals surface area contributed by atoms with Crippen LogP contribution in [0.25, 0.3) is 0 Å². The minimum absolute atomic E-state index is 0.0508. The Morgan fingerprint density at radius 1 is 1.33 bits per heavy atom. The maximum absolute atomic E-state index is 11.5. The summed E-state index contributed by atoms with van der Waals surface area (Å²) in [6, 6.07) is 3.80. The third-order valence-corrected chi connectivity index (χ3v) is 2.92. The fourth-order valence-electron chi connectivity index (χ4n) is 1.71. The quantitative estimate of drug-likeness (QED) is 0.688. The van der Waals surface area contributed by atoms with E-state index in [1.54, 1.807) is 26.1 Å². The summed E-state index contributed by atoms with van der Waals surface area (Å²) in [5.41, 5.74) is 1.79. The van der Waals surface area contributed by atoms with E-state index >= 15 is 0 Å². The number of rotatable bonds is 9. The summed E-state index contributed by atoms with van der Waals surface area (Å²) in [4.78, 5) is 17.6. The van der Waals surface area contributed by atoms with E-state index in [4.69, 9.17) is 9.47 Å². The lowest BCUT2D eigenvalue weighted by atomic mass is 10.2. The Labute approximate surface area is 126 Å². The maximum Gasteiger partial charge on any atom is 0.225 e. The van der Waals surface area contributed by atoms with E-state index in [1.807, 2.05) is 19.1 Å². The van der Waals surface area contributed by atoms with Crippen molar-refractivity contribution < 1.29 is 14.3 Å². The lowest BCUT2D eigenvalue weighted by Crippen LogP contribution is -2.24. The van der Waals surface area contributed by atoms with Gasteiger partial charge in [-0.2, -0.15) is 0 Å². The van der Waals surface area contributed by atoms with E-state index < -0.39 is 0 Å². The Hall–Kier alpha value is -1.66. The first-order valence-corrected chi connectivity index (χ1v) is 7.03. The predicted octanol–water partition coefficient (Wildman–Crippen LogP) is 0.983. The molecule has 0 unspecified atom stereocenters. The Morgan fingerprint density at radius 3 is 2.76 bits per heavy atom. The fraction of sp³-hybridized carbons (Fsp3) is 0.600. The summed E-state index contributed by atoms with van der Waals surface area (Å²) < 4.78 is 10.7. The van der Waals surface area contributed by atoms with Gasteiger partial charge in [0, 0.05) is 40.0 Å². The molecule has 0 aliphatic carbocycles. The van der Waals surface area contributed by atoms with Crippen LogP contribution in [-0.4, -0.2) is 56.8 Å². The summed E-state index contributed by atoms with van der Waals surface area (Å²) >= 11 is 0. The first kappa shape index (κ1) is 17.4. The molecule has 1 rings (SSSR count). The molecule has 118 valence electrons. The number of carbonyl (C=O) groups excluding carboxylic acids is 1. The SMILES string of the molecule is COCCNCc1nc(C)ccc1OCCC(=O)N(C)C. The molecule has 0 spiro atoms. The Kier molecular flexibility index (Phi) is 7.71. The zero-order valence-electron chi connectivity index (χ0n) is 13.3. The van der Waals surface area contributed by atoms with Crippen LogP contribution in [0.2, 0.25) is 0 Å². The van der Waals surface area contributed by atoms with E-state index in [2.05, 4.69) is 10.3 Å². The van der Waals surface area contributed by atoms with Crippen LogP contribution in [0, 0.1) is 6.92 Å². The van der Waals surface area contributed by atoms with Gasteiger partial charge >= 0.3 is 0 Å². The Balaban J connectivity index is 2.53. The first-order chi connectivity index (χ1) is 10.0. The molecule has 0 aliphatic rings. The molecule has 21 heavy (non-hydrogen) atoms. The predicted molar refractivity (Wildman–Crippen MR) is 81.4 cm³/mol. The summed E-state index contributed by atoms with van der Waals surface area (Å²) in [6.45, 7) is 4.32. The molecular formula is C15H25N3O3. The standard InChI is InChI=1S/C15H25N3O3/c1-12-5-6-14(21-9-7-15(19)18(2)3)13(17-12)11-16-8-10-20-4/h5-6,16H,7-11H2,1-4H3. The van der Waals surface area contributed by atoms with Gasteiger partial charge in [0.15, 0.2) is 0 Å². The number of methoxy groups -OCH3 is 1. The lowest BCUT2D eigenvalue weighted by Gasteiger charge is -2.13. The van der Waals surface area contributed by atoms with Crippen molar-refractivity contribution in [3.63, 3.8) is 0 Å². The van der Waals surface area contributed by atoms with Gasteiger partial charge in [0.2, 0.25) is 5.91 Å². The van der Waals surface area contributed by atoms with Gasteiger partial charge in [0.1, 0.15) is 5.75 Å². The highest BCUT2D eigenvalue weighted by atomic mass is 16.5. The zero-order valence-corrected chi connectivity index (χ0v) is 13.3. The molecule has 6 heteroatoms. The maximum atomic E-state index is 11.5. The van der Waals surface area contributed by atoms with E-state index in [0.717, 1.165) is 23.7 Å². The summed E-state index contributed by atoms with van der Waals surface area (Å²) in [7, 11) is 5.14. The van der Waals surface area contributed by atoms with Crippen LogP contribution in [0.1, 0.15) is 17.8 Å².